The minimum atomic E-state index is -0.455. The summed E-state index contributed by atoms with van der Waals surface area (Å²) in [5, 5.41) is 3.38. The van der Waals surface area contributed by atoms with Crippen molar-refractivity contribution in [3.63, 3.8) is 0 Å². The van der Waals surface area contributed by atoms with Gasteiger partial charge in [0.15, 0.2) is 0 Å². The number of amides is 1. The molecule has 0 aliphatic carbocycles. The van der Waals surface area contributed by atoms with Crippen molar-refractivity contribution in [1.29, 1.82) is 0 Å². The molecule has 1 aromatic heterocycles. The zero-order valence-electron chi connectivity index (χ0n) is 12.7. The fourth-order valence-corrected chi connectivity index (χ4v) is 2.63. The number of hydrogen-bond donors (Lipinski definition) is 1. The van der Waals surface area contributed by atoms with Crippen molar-refractivity contribution in [2.24, 2.45) is 0 Å². The van der Waals surface area contributed by atoms with E-state index >= 15 is 0 Å². The molecular weight excluding hydrogens is 334 g/mol. The average Bonchev–Trinajstić information content (AvgIpc) is 2.37. The van der Waals surface area contributed by atoms with Crippen molar-refractivity contribution in [3.8, 4) is 0 Å². The topological polar surface area (TPSA) is 54.5 Å². The molecule has 1 fully saturated rings. The van der Waals surface area contributed by atoms with Gasteiger partial charge in [-0.3, -0.25) is 0 Å². The molecule has 116 valence electrons. The molecule has 1 aliphatic rings. The maximum absolute atomic E-state index is 12.1. The van der Waals surface area contributed by atoms with E-state index in [1.807, 2.05) is 39.0 Å². The maximum atomic E-state index is 12.1. The SMILES string of the molecule is CC(C)(C)OC(=O)N1CCC[C@@H](Nc2cccc(Br)n2)C1. The van der Waals surface area contributed by atoms with Gasteiger partial charge in [-0.1, -0.05) is 6.07 Å². The Kier molecular flexibility index (Phi) is 5.08. The van der Waals surface area contributed by atoms with E-state index in [-0.39, 0.29) is 12.1 Å². The number of carbonyl (C=O) groups is 1. The van der Waals surface area contributed by atoms with Crippen LogP contribution in [0.5, 0.6) is 0 Å². The van der Waals surface area contributed by atoms with Gasteiger partial charge in [0, 0.05) is 19.1 Å². The third-order valence-electron chi connectivity index (χ3n) is 3.14. The summed E-state index contributed by atoms with van der Waals surface area (Å²) in [4.78, 5) is 18.3. The highest BCUT2D eigenvalue weighted by Gasteiger charge is 2.27. The Morgan fingerprint density at radius 1 is 1.48 bits per heavy atom. The molecule has 0 aromatic carbocycles. The second kappa shape index (κ2) is 6.64. The molecule has 6 heteroatoms. The highest BCUT2D eigenvalue weighted by Crippen LogP contribution is 2.18. The van der Waals surface area contributed by atoms with Crippen LogP contribution < -0.4 is 5.32 Å². The van der Waals surface area contributed by atoms with Gasteiger partial charge < -0.3 is 15.0 Å². The fraction of sp³-hybridized carbons (Fsp3) is 0.600. The van der Waals surface area contributed by atoms with E-state index < -0.39 is 5.60 Å². The molecule has 0 unspecified atom stereocenters. The summed E-state index contributed by atoms with van der Waals surface area (Å²) in [6.45, 7) is 7.05. The molecular formula is C15H22BrN3O2. The zero-order valence-corrected chi connectivity index (χ0v) is 14.3. The van der Waals surface area contributed by atoms with Gasteiger partial charge in [-0.25, -0.2) is 9.78 Å². The number of hydrogen-bond acceptors (Lipinski definition) is 4. The van der Waals surface area contributed by atoms with Gasteiger partial charge in [0.2, 0.25) is 0 Å². The Morgan fingerprint density at radius 2 is 2.24 bits per heavy atom. The maximum Gasteiger partial charge on any atom is 0.410 e. The minimum absolute atomic E-state index is 0.202. The quantitative estimate of drug-likeness (QED) is 0.822. The molecule has 0 bridgehead atoms. The van der Waals surface area contributed by atoms with Crippen LogP contribution in [0, 0.1) is 0 Å². The highest BCUT2D eigenvalue weighted by molar-refractivity contribution is 9.10. The molecule has 1 atom stereocenters. The lowest BCUT2D eigenvalue weighted by molar-refractivity contribution is 0.0206. The van der Waals surface area contributed by atoms with Gasteiger partial charge in [-0.05, 0) is 61.7 Å². The first kappa shape index (κ1) is 16.1. The van der Waals surface area contributed by atoms with Crippen LogP contribution >= 0.6 is 15.9 Å². The van der Waals surface area contributed by atoms with Crippen LogP contribution in [0.4, 0.5) is 10.6 Å². The third kappa shape index (κ3) is 5.19. The smallest absolute Gasteiger partial charge is 0.410 e. The Balaban J connectivity index is 1.93. The monoisotopic (exact) mass is 355 g/mol. The number of likely N-dealkylation sites (tertiary alicyclic amines) is 1. The van der Waals surface area contributed by atoms with Gasteiger partial charge in [-0.2, -0.15) is 0 Å². The van der Waals surface area contributed by atoms with Crippen LogP contribution in [-0.4, -0.2) is 40.7 Å². The Labute approximate surface area is 134 Å². The van der Waals surface area contributed by atoms with E-state index in [0.717, 1.165) is 29.8 Å². The number of anilines is 1. The zero-order chi connectivity index (χ0) is 15.5. The largest absolute Gasteiger partial charge is 0.444 e. The number of carbonyl (C=O) groups excluding carboxylic acids is 1. The third-order valence-corrected chi connectivity index (χ3v) is 3.58. The number of pyridine rings is 1. The van der Waals surface area contributed by atoms with Crippen molar-refractivity contribution in [2.75, 3.05) is 18.4 Å². The second-order valence-electron chi connectivity index (χ2n) is 6.26. The standard InChI is InChI=1S/C15H22BrN3O2/c1-15(2,3)21-14(20)19-9-5-6-11(10-19)17-13-8-4-7-12(16)18-13/h4,7-8,11H,5-6,9-10H2,1-3H3,(H,17,18)/t11-/m1/s1. The lowest BCUT2D eigenvalue weighted by Crippen LogP contribution is -2.47. The van der Waals surface area contributed by atoms with E-state index in [1.54, 1.807) is 4.90 Å². The van der Waals surface area contributed by atoms with Gasteiger partial charge >= 0.3 is 6.09 Å². The van der Waals surface area contributed by atoms with Gasteiger partial charge in [0.05, 0.1) is 0 Å². The summed E-state index contributed by atoms with van der Waals surface area (Å²) in [5.41, 5.74) is -0.455. The summed E-state index contributed by atoms with van der Waals surface area (Å²) >= 11 is 3.36. The fourth-order valence-electron chi connectivity index (χ4n) is 2.29. The molecule has 21 heavy (non-hydrogen) atoms. The number of rotatable bonds is 2. The Bertz CT molecular complexity index is 502. The minimum Gasteiger partial charge on any atom is -0.444 e. The van der Waals surface area contributed by atoms with E-state index in [2.05, 4.69) is 26.2 Å². The van der Waals surface area contributed by atoms with Gasteiger partial charge in [0.1, 0.15) is 16.0 Å². The van der Waals surface area contributed by atoms with Crippen LogP contribution in [-0.2, 0) is 4.74 Å². The van der Waals surface area contributed by atoms with Crippen LogP contribution in [0.25, 0.3) is 0 Å². The lowest BCUT2D eigenvalue weighted by atomic mass is 10.1. The van der Waals surface area contributed by atoms with Crippen LogP contribution in [0.15, 0.2) is 22.8 Å². The first-order valence-electron chi connectivity index (χ1n) is 7.20. The highest BCUT2D eigenvalue weighted by atomic mass is 79.9. The summed E-state index contributed by atoms with van der Waals surface area (Å²) in [5.74, 6) is 0.820. The predicted octanol–water partition coefficient (Wildman–Crippen LogP) is 3.66. The number of piperidine rings is 1. The molecule has 1 saturated heterocycles. The molecule has 5 nitrogen and oxygen atoms in total. The molecule has 0 spiro atoms. The molecule has 1 aromatic rings. The first-order valence-corrected chi connectivity index (χ1v) is 8.00. The van der Waals surface area contributed by atoms with Crippen molar-refractivity contribution >= 4 is 27.8 Å². The van der Waals surface area contributed by atoms with E-state index in [0.29, 0.717) is 6.54 Å². The lowest BCUT2D eigenvalue weighted by Gasteiger charge is -2.34. The predicted molar refractivity (Wildman–Crippen MR) is 86.4 cm³/mol. The molecule has 1 N–H and O–H groups in total. The summed E-state index contributed by atoms with van der Waals surface area (Å²) in [7, 11) is 0. The molecule has 1 amide bonds. The number of aromatic nitrogens is 1. The molecule has 0 radical (unpaired) electrons. The van der Waals surface area contributed by atoms with E-state index in [1.165, 1.54) is 0 Å². The average molecular weight is 356 g/mol. The van der Waals surface area contributed by atoms with E-state index in [4.69, 9.17) is 4.74 Å². The van der Waals surface area contributed by atoms with Crippen LogP contribution in [0.2, 0.25) is 0 Å². The number of ether oxygens (including phenoxy) is 1. The first-order chi connectivity index (χ1) is 9.83. The van der Waals surface area contributed by atoms with Crippen molar-refractivity contribution in [1.82, 2.24) is 9.88 Å². The van der Waals surface area contributed by atoms with Crippen LogP contribution in [0.1, 0.15) is 33.6 Å². The van der Waals surface area contributed by atoms with E-state index in [9.17, 15) is 4.79 Å². The normalized spacial score (nSPS) is 19.2. The second-order valence-corrected chi connectivity index (χ2v) is 7.07. The number of nitrogens with one attached hydrogen (secondary N) is 1. The molecule has 0 saturated carbocycles. The van der Waals surface area contributed by atoms with Gasteiger partial charge in [-0.15, -0.1) is 0 Å². The summed E-state index contributed by atoms with van der Waals surface area (Å²) in [6.07, 6.45) is 1.74. The molecule has 2 rings (SSSR count). The Morgan fingerprint density at radius 3 is 2.90 bits per heavy atom. The summed E-state index contributed by atoms with van der Waals surface area (Å²) in [6, 6.07) is 5.96. The van der Waals surface area contributed by atoms with Crippen molar-refractivity contribution < 1.29 is 9.53 Å². The van der Waals surface area contributed by atoms with Crippen molar-refractivity contribution in [2.45, 2.75) is 45.3 Å². The van der Waals surface area contributed by atoms with Gasteiger partial charge in [0.25, 0.3) is 0 Å². The Hall–Kier alpha value is -1.30. The number of halogens is 1. The summed E-state index contributed by atoms with van der Waals surface area (Å²) < 4.78 is 6.23. The number of nitrogens with zero attached hydrogens (tertiary/aromatic N) is 2. The van der Waals surface area contributed by atoms with Crippen molar-refractivity contribution in [3.05, 3.63) is 22.8 Å². The molecule has 1 aliphatic heterocycles. The molecule has 2 heterocycles. The van der Waals surface area contributed by atoms with Crippen LogP contribution in [0.3, 0.4) is 0 Å².